The fourth-order valence-corrected chi connectivity index (χ4v) is 3.84. The molecule has 0 bridgehead atoms. The van der Waals surface area contributed by atoms with Gasteiger partial charge in [0, 0.05) is 10.5 Å². The largest absolute Gasteiger partial charge is 0.294 e. The van der Waals surface area contributed by atoms with Crippen molar-refractivity contribution in [3.05, 3.63) is 28.8 Å². The summed E-state index contributed by atoms with van der Waals surface area (Å²) in [6.45, 7) is 1.51. The lowest BCUT2D eigenvalue weighted by Crippen LogP contribution is -2.08. The summed E-state index contributed by atoms with van der Waals surface area (Å²) in [7, 11) is 0. The monoisotopic (exact) mass is 322 g/mol. The minimum absolute atomic E-state index is 0.0349. The average Bonchev–Trinajstić information content (AvgIpc) is 3.08. The molecule has 0 amide bonds. The number of halogens is 1. The summed E-state index contributed by atoms with van der Waals surface area (Å²) >= 11 is 7.61. The van der Waals surface area contributed by atoms with Gasteiger partial charge < -0.3 is 0 Å². The Hall–Kier alpha value is -1.40. The molecule has 1 saturated carbocycles. The van der Waals surface area contributed by atoms with Gasteiger partial charge in [-0.05, 0) is 60.2 Å². The van der Waals surface area contributed by atoms with Crippen LogP contribution in [0.4, 0.5) is 0 Å². The molecule has 1 aliphatic carbocycles. The molecule has 1 aliphatic rings. The molecule has 5 nitrogen and oxygen atoms in total. The SMILES string of the molecule is CC(=O)c1ccc(Sc2nnnn2C2CCCC2)cc1Cl. The lowest BCUT2D eigenvalue weighted by molar-refractivity contribution is 0.101. The van der Waals surface area contributed by atoms with Crippen molar-refractivity contribution in [3.63, 3.8) is 0 Å². The summed E-state index contributed by atoms with van der Waals surface area (Å²) in [4.78, 5) is 12.3. The fourth-order valence-electron chi connectivity index (χ4n) is 2.58. The molecule has 1 aromatic heterocycles. The first kappa shape index (κ1) is 14.5. The van der Waals surface area contributed by atoms with E-state index in [0.717, 1.165) is 22.9 Å². The van der Waals surface area contributed by atoms with Crippen molar-refractivity contribution < 1.29 is 4.79 Å². The van der Waals surface area contributed by atoms with Crippen molar-refractivity contribution in [2.24, 2.45) is 0 Å². The standard InChI is InChI=1S/C14H15ClN4OS/c1-9(20)12-7-6-11(8-13(12)15)21-14-16-17-18-19(14)10-4-2-3-5-10/h6-8,10H,2-5H2,1H3. The maximum Gasteiger partial charge on any atom is 0.214 e. The smallest absolute Gasteiger partial charge is 0.214 e. The molecule has 21 heavy (non-hydrogen) atoms. The van der Waals surface area contributed by atoms with Gasteiger partial charge in [0.2, 0.25) is 5.16 Å². The Morgan fingerprint density at radius 2 is 2.14 bits per heavy atom. The van der Waals surface area contributed by atoms with Gasteiger partial charge in [-0.1, -0.05) is 24.4 Å². The topological polar surface area (TPSA) is 60.7 Å². The molecule has 110 valence electrons. The third-order valence-electron chi connectivity index (χ3n) is 3.66. The minimum atomic E-state index is -0.0349. The van der Waals surface area contributed by atoms with Gasteiger partial charge in [0.15, 0.2) is 5.78 Å². The van der Waals surface area contributed by atoms with Crippen molar-refractivity contribution >= 4 is 29.1 Å². The van der Waals surface area contributed by atoms with Crippen LogP contribution in [0.1, 0.15) is 49.0 Å². The van der Waals surface area contributed by atoms with E-state index in [1.54, 1.807) is 12.1 Å². The van der Waals surface area contributed by atoms with Gasteiger partial charge in [-0.2, -0.15) is 0 Å². The van der Waals surface area contributed by atoms with E-state index >= 15 is 0 Å². The molecule has 3 rings (SSSR count). The highest BCUT2D eigenvalue weighted by atomic mass is 35.5. The number of carbonyl (C=O) groups is 1. The Balaban J connectivity index is 1.82. The number of tetrazole rings is 1. The molecule has 1 aromatic carbocycles. The van der Waals surface area contributed by atoms with Crippen LogP contribution in [0.25, 0.3) is 0 Å². The summed E-state index contributed by atoms with van der Waals surface area (Å²) in [5, 5.41) is 13.2. The van der Waals surface area contributed by atoms with E-state index < -0.39 is 0 Å². The Morgan fingerprint density at radius 3 is 2.81 bits per heavy atom. The van der Waals surface area contributed by atoms with Crippen LogP contribution in [0.5, 0.6) is 0 Å². The van der Waals surface area contributed by atoms with Gasteiger partial charge in [-0.3, -0.25) is 4.79 Å². The van der Waals surface area contributed by atoms with Gasteiger partial charge in [-0.25, -0.2) is 4.68 Å². The maximum atomic E-state index is 11.4. The van der Waals surface area contributed by atoms with Crippen molar-refractivity contribution in [2.45, 2.75) is 48.7 Å². The quantitative estimate of drug-likeness (QED) is 0.801. The second kappa shape index (κ2) is 6.15. The summed E-state index contributed by atoms with van der Waals surface area (Å²) in [5.41, 5.74) is 0.538. The van der Waals surface area contributed by atoms with Crippen LogP contribution in [0.2, 0.25) is 5.02 Å². The van der Waals surface area contributed by atoms with Crippen molar-refractivity contribution in [1.29, 1.82) is 0 Å². The lowest BCUT2D eigenvalue weighted by atomic mass is 10.1. The summed E-state index contributed by atoms with van der Waals surface area (Å²) in [6.07, 6.45) is 4.72. The van der Waals surface area contributed by atoms with Crippen LogP contribution in [-0.2, 0) is 0 Å². The number of hydrogen-bond donors (Lipinski definition) is 0. The normalized spacial score (nSPS) is 15.5. The van der Waals surface area contributed by atoms with E-state index in [9.17, 15) is 4.79 Å². The van der Waals surface area contributed by atoms with Crippen LogP contribution in [0, 0.1) is 0 Å². The van der Waals surface area contributed by atoms with Gasteiger partial charge in [-0.15, -0.1) is 5.10 Å². The molecular formula is C14H15ClN4OS. The van der Waals surface area contributed by atoms with E-state index in [4.69, 9.17) is 11.6 Å². The Morgan fingerprint density at radius 1 is 1.38 bits per heavy atom. The Labute approximate surface area is 132 Å². The molecule has 0 atom stereocenters. The molecule has 1 fully saturated rings. The van der Waals surface area contributed by atoms with E-state index in [2.05, 4.69) is 15.5 Å². The number of Topliss-reactive ketones (excluding diaryl/α,β-unsaturated/α-hetero) is 1. The highest BCUT2D eigenvalue weighted by Gasteiger charge is 2.22. The van der Waals surface area contributed by atoms with Gasteiger partial charge in [0.1, 0.15) is 0 Å². The minimum Gasteiger partial charge on any atom is -0.294 e. The molecule has 0 spiro atoms. The highest BCUT2D eigenvalue weighted by molar-refractivity contribution is 7.99. The number of hydrogen-bond acceptors (Lipinski definition) is 5. The second-order valence-electron chi connectivity index (χ2n) is 5.14. The predicted molar refractivity (Wildman–Crippen MR) is 80.9 cm³/mol. The van der Waals surface area contributed by atoms with Crippen LogP contribution in [0.3, 0.4) is 0 Å². The van der Waals surface area contributed by atoms with Gasteiger partial charge in [0.05, 0.1) is 11.1 Å². The number of benzene rings is 1. The number of carbonyl (C=O) groups excluding carboxylic acids is 1. The molecule has 0 saturated heterocycles. The zero-order valence-corrected chi connectivity index (χ0v) is 13.2. The second-order valence-corrected chi connectivity index (χ2v) is 6.59. The third-order valence-corrected chi connectivity index (χ3v) is 4.92. The summed E-state index contributed by atoms with van der Waals surface area (Å²) in [5.74, 6) is -0.0349. The van der Waals surface area contributed by atoms with E-state index in [0.29, 0.717) is 16.6 Å². The number of nitrogens with zero attached hydrogens (tertiary/aromatic N) is 4. The molecule has 2 aromatic rings. The molecular weight excluding hydrogens is 308 g/mol. The predicted octanol–water partition coefficient (Wildman–Crippen LogP) is 3.80. The first-order valence-electron chi connectivity index (χ1n) is 6.91. The molecule has 0 radical (unpaired) electrons. The first-order valence-corrected chi connectivity index (χ1v) is 8.11. The van der Waals surface area contributed by atoms with Gasteiger partial charge in [0.25, 0.3) is 0 Å². The van der Waals surface area contributed by atoms with Crippen molar-refractivity contribution in [2.75, 3.05) is 0 Å². The first-order chi connectivity index (χ1) is 10.1. The van der Waals surface area contributed by atoms with Crippen LogP contribution >= 0.6 is 23.4 Å². The molecule has 7 heteroatoms. The Kier molecular flexibility index (Phi) is 4.26. The molecule has 0 aliphatic heterocycles. The number of aromatic nitrogens is 4. The zero-order valence-electron chi connectivity index (χ0n) is 11.6. The van der Waals surface area contributed by atoms with Crippen molar-refractivity contribution in [3.8, 4) is 0 Å². The van der Waals surface area contributed by atoms with E-state index in [1.165, 1.54) is 31.5 Å². The average molecular weight is 323 g/mol. The summed E-state index contributed by atoms with van der Waals surface area (Å²) < 4.78 is 1.91. The van der Waals surface area contributed by atoms with Gasteiger partial charge >= 0.3 is 0 Å². The van der Waals surface area contributed by atoms with Crippen molar-refractivity contribution in [1.82, 2.24) is 20.2 Å². The van der Waals surface area contributed by atoms with E-state index in [-0.39, 0.29) is 5.78 Å². The molecule has 0 unspecified atom stereocenters. The number of ketones is 1. The van der Waals surface area contributed by atoms with Crippen LogP contribution in [0.15, 0.2) is 28.3 Å². The fraction of sp³-hybridized carbons (Fsp3) is 0.429. The maximum absolute atomic E-state index is 11.4. The molecule has 1 heterocycles. The van der Waals surface area contributed by atoms with Crippen LogP contribution in [-0.4, -0.2) is 26.0 Å². The third kappa shape index (κ3) is 3.11. The lowest BCUT2D eigenvalue weighted by Gasteiger charge is -2.11. The number of rotatable bonds is 4. The highest BCUT2D eigenvalue weighted by Crippen LogP contribution is 2.34. The van der Waals surface area contributed by atoms with Crippen LogP contribution < -0.4 is 0 Å². The van der Waals surface area contributed by atoms with E-state index in [1.807, 2.05) is 10.7 Å². The molecule has 0 N–H and O–H groups in total. The zero-order chi connectivity index (χ0) is 14.8. The Bertz CT molecular complexity index is 667. The summed E-state index contributed by atoms with van der Waals surface area (Å²) in [6, 6.07) is 5.81.